The van der Waals surface area contributed by atoms with E-state index in [2.05, 4.69) is 15.6 Å². The third-order valence-corrected chi connectivity index (χ3v) is 4.85. The fourth-order valence-electron chi connectivity index (χ4n) is 2.69. The standard InChI is InChI=1S/C20H18N4O4S/c1-12-3-6-15(10-18(12)24(27)28)17-11-29-20(22-17)23-19(26)9-14-4-7-16(8-5-14)21-13(2)25/h3-8,10-11H,9H2,1-2H3,(H,21,25)(H,22,23,26). The number of rotatable bonds is 6. The van der Waals surface area contributed by atoms with Crippen molar-refractivity contribution in [3.05, 3.63) is 69.1 Å². The van der Waals surface area contributed by atoms with Crippen molar-refractivity contribution in [2.75, 3.05) is 10.6 Å². The van der Waals surface area contributed by atoms with Gasteiger partial charge in [0.2, 0.25) is 11.8 Å². The Balaban J connectivity index is 1.65. The molecule has 0 aliphatic carbocycles. The summed E-state index contributed by atoms with van der Waals surface area (Å²) in [5.41, 5.74) is 3.25. The van der Waals surface area contributed by atoms with Crippen LogP contribution in [0.25, 0.3) is 11.3 Å². The SMILES string of the molecule is CC(=O)Nc1ccc(CC(=O)Nc2nc(-c3ccc(C)c([N+](=O)[O-])c3)cs2)cc1. The van der Waals surface area contributed by atoms with Crippen LogP contribution in [-0.2, 0) is 16.0 Å². The molecule has 29 heavy (non-hydrogen) atoms. The maximum atomic E-state index is 12.3. The van der Waals surface area contributed by atoms with Crippen molar-refractivity contribution in [1.82, 2.24) is 4.98 Å². The number of aromatic nitrogens is 1. The number of thiazole rings is 1. The first-order chi connectivity index (χ1) is 13.8. The second-order valence-corrected chi connectivity index (χ2v) is 7.26. The van der Waals surface area contributed by atoms with Crippen molar-refractivity contribution in [1.29, 1.82) is 0 Å². The third-order valence-electron chi connectivity index (χ3n) is 4.09. The number of carbonyl (C=O) groups excluding carboxylic acids is 2. The fraction of sp³-hybridized carbons (Fsp3) is 0.150. The molecule has 3 aromatic rings. The molecule has 0 aliphatic heterocycles. The van der Waals surface area contributed by atoms with Crippen LogP contribution in [0.4, 0.5) is 16.5 Å². The van der Waals surface area contributed by atoms with E-state index in [0.717, 1.165) is 5.56 Å². The largest absolute Gasteiger partial charge is 0.326 e. The zero-order valence-corrected chi connectivity index (χ0v) is 16.6. The first kappa shape index (κ1) is 20.2. The van der Waals surface area contributed by atoms with Gasteiger partial charge in [0.15, 0.2) is 5.13 Å². The maximum absolute atomic E-state index is 12.3. The predicted octanol–water partition coefficient (Wildman–Crippen LogP) is 4.17. The van der Waals surface area contributed by atoms with Crippen LogP contribution in [-0.4, -0.2) is 21.7 Å². The molecular formula is C20H18N4O4S. The summed E-state index contributed by atoms with van der Waals surface area (Å²) in [5, 5.41) is 18.7. The minimum atomic E-state index is -0.425. The van der Waals surface area contributed by atoms with Crippen LogP contribution in [0.1, 0.15) is 18.1 Å². The molecule has 3 rings (SSSR count). The lowest BCUT2D eigenvalue weighted by molar-refractivity contribution is -0.385. The number of hydrogen-bond acceptors (Lipinski definition) is 6. The molecule has 2 aromatic carbocycles. The molecule has 0 radical (unpaired) electrons. The third kappa shape index (κ3) is 5.23. The van der Waals surface area contributed by atoms with Gasteiger partial charge in [0.1, 0.15) is 0 Å². The van der Waals surface area contributed by atoms with Crippen molar-refractivity contribution >= 4 is 39.7 Å². The van der Waals surface area contributed by atoms with E-state index in [0.29, 0.717) is 27.6 Å². The highest BCUT2D eigenvalue weighted by molar-refractivity contribution is 7.14. The number of carbonyl (C=O) groups is 2. The molecule has 2 N–H and O–H groups in total. The Morgan fingerprint density at radius 3 is 2.52 bits per heavy atom. The van der Waals surface area contributed by atoms with Crippen LogP contribution >= 0.6 is 11.3 Å². The average Bonchev–Trinajstić information content (AvgIpc) is 3.11. The molecule has 2 amide bonds. The summed E-state index contributed by atoms with van der Waals surface area (Å²) < 4.78 is 0. The number of nitrogens with one attached hydrogen (secondary N) is 2. The van der Waals surface area contributed by atoms with E-state index in [1.807, 2.05) is 0 Å². The van der Waals surface area contributed by atoms with Gasteiger partial charge in [0.25, 0.3) is 5.69 Å². The number of nitro groups is 1. The van der Waals surface area contributed by atoms with Crippen LogP contribution in [0.3, 0.4) is 0 Å². The van der Waals surface area contributed by atoms with Gasteiger partial charge in [-0.1, -0.05) is 24.3 Å². The second kappa shape index (κ2) is 8.61. The minimum Gasteiger partial charge on any atom is -0.326 e. The molecule has 0 aliphatic rings. The summed E-state index contributed by atoms with van der Waals surface area (Å²) in [6.45, 7) is 3.11. The van der Waals surface area contributed by atoms with Gasteiger partial charge >= 0.3 is 0 Å². The summed E-state index contributed by atoms with van der Waals surface area (Å²) in [7, 11) is 0. The van der Waals surface area contributed by atoms with Crippen LogP contribution in [0, 0.1) is 17.0 Å². The average molecular weight is 410 g/mol. The zero-order chi connectivity index (χ0) is 21.0. The summed E-state index contributed by atoms with van der Waals surface area (Å²) in [4.78, 5) is 38.4. The normalized spacial score (nSPS) is 10.4. The Kier molecular flexibility index (Phi) is 5.99. The highest BCUT2D eigenvalue weighted by atomic mass is 32.1. The second-order valence-electron chi connectivity index (χ2n) is 6.40. The molecule has 1 aromatic heterocycles. The number of nitro benzene ring substituents is 1. The number of hydrogen-bond donors (Lipinski definition) is 2. The first-order valence-electron chi connectivity index (χ1n) is 8.69. The van der Waals surface area contributed by atoms with Crippen LogP contribution in [0.15, 0.2) is 47.8 Å². The van der Waals surface area contributed by atoms with Gasteiger partial charge in [-0.15, -0.1) is 11.3 Å². The van der Waals surface area contributed by atoms with E-state index >= 15 is 0 Å². The lowest BCUT2D eigenvalue weighted by Gasteiger charge is -2.05. The van der Waals surface area contributed by atoms with Gasteiger partial charge < -0.3 is 10.6 Å². The molecule has 0 bridgehead atoms. The molecule has 8 nitrogen and oxygen atoms in total. The Hall–Kier alpha value is -3.59. The minimum absolute atomic E-state index is 0.0313. The quantitative estimate of drug-likeness (QED) is 0.468. The van der Waals surface area contributed by atoms with Crippen molar-refractivity contribution in [3.8, 4) is 11.3 Å². The Labute approximate surface area is 170 Å². The zero-order valence-electron chi connectivity index (χ0n) is 15.8. The molecule has 9 heteroatoms. The van der Waals surface area contributed by atoms with Gasteiger partial charge in [-0.25, -0.2) is 4.98 Å². The molecule has 148 valence electrons. The lowest BCUT2D eigenvalue weighted by Crippen LogP contribution is -2.14. The number of aryl methyl sites for hydroxylation is 1. The van der Waals surface area contributed by atoms with Crippen LogP contribution in [0.5, 0.6) is 0 Å². The smallest absolute Gasteiger partial charge is 0.272 e. The number of benzene rings is 2. The molecule has 1 heterocycles. The maximum Gasteiger partial charge on any atom is 0.272 e. The van der Waals surface area contributed by atoms with Gasteiger partial charge in [0.05, 0.1) is 17.0 Å². The molecular weight excluding hydrogens is 392 g/mol. The Morgan fingerprint density at radius 2 is 1.86 bits per heavy atom. The van der Waals surface area contributed by atoms with Crippen LogP contribution in [0.2, 0.25) is 0 Å². The van der Waals surface area contributed by atoms with E-state index in [1.165, 1.54) is 24.3 Å². The molecule has 0 spiro atoms. The monoisotopic (exact) mass is 410 g/mol. The number of amides is 2. The summed E-state index contributed by atoms with van der Waals surface area (Å²) in [5.74, 6) is -0.387. The highest BCUT2D eigenvalue weighted by Crippen LogP contribution is 2.29. The van der Waals surface area contributed by atoms with Crippen molar-refractivity contribution in [2.24, 2.45) is 0 Å². The molecule has 0 unspecified atom stereocenters. The van der Waals surface area contributed by atoms with E-state index in [9.17, 15) is 19.7 Å². The first-order valence-corrected chi connectivity index (χ1v) is 9.57. The molecule has 0 fully saturated rings. The molecule has 0 atom stereocenters. The predicted molar refractivity (Wildman–Crippen MR) is 112 cm³/mol. The molecule has 0 saturated heterocycles. The van der Waals surface area contributed by atoms with Crippen LogP contribution < -0.4 is 10.6 Å². The Morgan fingerprint density at radius 1 is 1.14 bits per heavy atom. The van der Waals surface area contributed by atoms with Crippen molar-refractivity contribution in [2.45, 2.75) is 20.3 Å². The Bertz CT molecular complexity index is 1080. The summed E-state index contributed by atoms with van der Waals surface area (Å²) in [6, 6.07) is 11.9. The van der Waals surface area contributed by atoms with E-state index < -0.39 is 4.92 Å². The van der Waals surface area contributed by atoms with E-state index in [-0.39, 0.29) is 23.9 Å². The van der Waals surface area contributed by atoms with E-state index in [1.54, 1.807) is 48.7 Å². The molecule has 0 saturated carbocycles. The summed E-state index contributed by atoms with van der Waals surface area (Å²) in [6.07, 6.45) is 0.158. The van der Waals surface area contributed by atoms with Crippen molar-refractivity contribution < 1.29 is 14.5 Å². The highest BCUT2D eigenvalue weighted by Gasteiger charge is 2.14. The fourth-order valence-corrected chi connectivity index (χ4v) is 3.42. The number of anilines is 2. The van der Waals surface area contributed by atoms with Gasteiger partial charge in [-0.05, 0) is 24.6 Å². The van der Waals surface area contributed by atoms with E-state index in [4.69, 9.17) is 0 Å². The van der Waals surface area contributed by atoms with Gasteiger partial charge in [0, 0.05) is 35.2 Å². The lowest BCUT2D eigenvalue weighted by atomic mass is 10.1. The topological polar surface area (TPSA) is 114 Å². The number of nitrogens with zero attached hydrogens (tertiary/aromatic N) is 2. The van der Waals surface area contributed by atoms with Crippen molar-refractivity contribution in [3.63, 3.8) is 0 Å². The van der Waals surface area contributed by atoms with Gasteiger partial charge in [-0.3, -0.25) is 19.7 Å². The van der Waals surface area contributed by atoms with Gasteiger partial charge in [-0.2, -0.15) is 0 Å². The summed E-state index contributed by atoms with van der Waals surface area (Å²) >= 11 is 1.25.